The van der Waals surface area contributed by atoms with Crippen LogP contribution < -0.4 is 15.0 Å². The van der Waals surface area contributed by atoms with Crippen LogP contribution in [0, 0.1) is 20.8 Å². The van der Waals surface area contributed by atoms with Gasteiger partial charge in [-0.15, -0.1) is 0 Å². The van der Waals surface area contributed by atoms with Gasteiger partial charge in [-0.05, 0) is 68.3 Å². The van der Waals surface area contributed by atoms with Crippen molar-refractivity contribution in [2.24, 2.45) is 0 Å². The number of carbonyl (C=O) groups excluding carboxylic acids is 1. The van der Waals surface area contributed by atoms with Crippen LogP contribution in [0.1, 0.15) is 16.7 Å². The van der Waals surface area contributed by atoms with Gasteiger partial charge in [0.05, 0.1) is 21.3 Å². The number of nitrogens with one attached hydrogen (secondary N) is 1. The molecule has 3 aromatic rings. The third-order valence-electron chi connectivity index (χ3n) is 6.32. The van der Waals surface area contributed by atoms with Gasteiger partial charge in [0.25, 0.3) is 5.91 Å². The highest BCUT2D eigenvalue weighted by atomic mass is 35.5. The second kappa shape index (κ2) is 10.9. The number of carbonyl (C=O) groups is 1. The molecule has 190 valence electrons. The number of anilines is 2. The zero-order chi connectivity index (χ0) is 25.9. The van der Waals surface area contributed by atoms with E-state index in [1.165, 1.54) is 4.31 Å². The van der Waals surface area contributed by atoms with Crippen molar-refractivity contribution in [3.63, 3.8) is 0 Å². The maximum atomic E-state index is 13.1. The van der Waals surface area contributed by atoms with Gasteiger partial charge in [0.2, 0.25) is 10.0 Å². The van der Waals surface area contributed by atoms with Gasteiger partial charge < -0.3 is 15.0 Å². The summed E-state index contributed by atoms with van der Waals surface area (Å²) in [5.41, 5.74) is 4.49. The summed E-state index contributed by atoms with van der Waals surface area (Å²) in [5, 5.41) is 3.38. The highest BCUT2D eigenvalue weighted by molar-refractivity contribution is 7.89. The molecule has 0 unspecified atom stereocenters. The SMILES string of the molecule is Cc1ccc(S(=O)(=O)N2CCN(c3c(Cl)cccc3NC(=O)COc3ccc(C)c(C)c3)CC2)cc1. The summed E-state index contributed by atoms with van der Waals surface area (Å²) in [4.78, 5) is 15.0. The molecule has 0 radical (unpaired) electrons. The highest BCUT2D eigenvalue weighted by Gasteiger charge is 2.30. The van der Waals surface area contributed by atoms with E-state index in [-0.39, 0.29) is 17.4 Å². The number of hydrogen-bond acceptors (Lipinski definition) is 5. The van der Waals surface area contributed by atoms with E-state index in [0.29, 0.717) is 48.3 Å². The summed E-state index contributed by atoms with van der Waals surface area (Å²) in [7, 11) is -3.58. The molecule has 7 nitrogen and oxygen atoms in total. The van der Waals surface area contributed by atoms with Crippen molar-refractivity contribution in [2.75, 3.05) is 43.0 Å². The fourth-order valence-electron chi connectivity index (χ4n) is 4.09. The van der Waals surface area contributed by atoms with E-state index in [4.69, 9.17) is 16.3 Å². The summed E-state index contributed by atoms with van der Waals surface area (Å²) < 4.78 is 33.3. The van der Waals surface area contributed by atoms with E-state index < -0.39 is 10.0 Å². The van der Waals surface area contributed by atoms with Crippen LogP contribution in [-0.4, -0.2) is 51.4 Å². The minimum absolute atomic E-state index is 0.142. The van der Waals surface area contributed by atoms with E-state index in [1.54, 1.807) is 42.5 Å². The monoisotopic (exact) mass is 527 g/mol. The third-order valence-corrected chi connectivity index (χ3v) is 8.54. The molecular weight excluding hydrogens is 498 g/mol. The molecular formula is C27H30ClN3O4S. The van der Waals surface area contributed by atoms with Gasteiger partial charge in [-0.25, -0.2) is 8.42 Å². The minimum Gasteiger partial charge on any atom is -0.484 e. The number of rotatable bonds is 7. The second-order valence-corrected chi connectivity index (χ2v) is 11.3. The molecule has 1 saturated heterocycles. The first kappa shape index (κ1) is 26.0. The molecule has 1 N–H and O–H groups in total. The Labute approximate surface area is 217 Å². The minimum atomic E-state index is -3.58. The molecule has 4 rings (SSSR count). The first-order chi connectivity index (χ1) is 17.1. The van der Waals surface area contributed by atoms with Crippen molar-refractivity contribution in [1.29, 1.82) is 0 Å². The van der Waals surface area contributed by atoms with Crippen LogP contribution in [0.5, 0.6) is 5.75 Å². The van der Waals surface area contributed by atoms with E-state index >= 15 is 0 Å². The molecule has 0 atom stereocenters. The quantitative estimate of drug-likeness (QED) is 0.478. The lowest BCUT2D eigenvalue weighted by atomic mass is 10.1. The molecule has 0 bridgehead atoms. The molecule has 0 aromatic heterocycles. The number of amides is 1. The van der Waals surface area contributed by atoms with Gasteiger partial charge in [0.15, 0.2) is 6.61 Å². The highest BCUT2D eigenvalue weighted by Crippen LogP contribution is 2.35. The number of ether oxygens (including phenoxy) is 1. The Morgan fingerprint density at radius 3 is 2.31 bits per heavy atom. The van der Waals surface area contributed by atoms with Crippen LogP contribution in [0.3, 0.4) is 0 Å². The Morgan fingerprint density at radius 2 is 1.64 bits per heavy atom. The van der Waals surface area contributed by atoms with Gasteiger partial charge in [0.1, 0.15) is 5.75 Å². The number of nitrogens with zero attached hydrogens (tertiary/aromatic N) is 2. The van der Waals surface area contributed by atoms with Crippen LogP contribution in [-0.2, 0) is 14.8 Å². The largest absolute Gasteiger partial charge is 0.484 e. The number of piperazine rings is 1. The number of hydrogen-bond donors (Lipinski definition) is 1. The van der Waals surface area contributed by atoms with Crippen LogP contribution >= 0.6 is 11.6 Å². The van der Waals surface area contributed by atoms with Crippen LogP contribution in [0.15, 0.2) is 65.6 Å². The first-order valence-electron chi connectivity index (χ1n) is 11.8. The summed E-state index contributed by atoms with van der Waals surface area (Å²) in [5.74, 6) is 0.322. The first-order valence-corrected chi connectivity index (χ1v) is 13.6. The van der Waals surface area contributed by atoms with Gasteiger partial charge in [-0.1, -0.05) is 41.4 Å². The lowest BCUT2D eigenvalue weighted by Crippen LogP contribution is -2.49. The summed E-state index contributed by atoms with van der Waals surface area (Å²) in [6, 6.07) is 17.9. The van der Waals surface area contributed by atoms with E-state index in [2.05, 4.69) is 5.32 Å². The van der Waals surface area contributed by atoms with Crippen molar-refractivity contribution in [2.45, 2.75) is 25.7 Å². The topological polar surface area (TPSA) is 79.0 Å². The molecule has 36 heavy (non-hydrogen) atoms. The number of para-hydroxylation sites is 1. The Balaban J connectivity index is 1.42. The van der Waals surface area contributed by atoms with Crippen LogP contribution in [0.25, 0.3) is 0 Å². The van der Waals surface area contributed by atoms with E-state index in [0.717, 1.165) is 16.7 Å². The van der Waals surface area contributed by atoms with Crippen LogP contribution in [0.2, 0.25) is 5.02 Å². The molecule has 3 aromatic carbocycles. The summed E-state index contributed by atoms with van der Waals surface area (Å²) in [6.45, 7) is 7.29. The molecule has 0 aliphatic carbocycles. The van der Waals surface area contributed by atoms with E-state index in [9.17, 15) is 13.2 Å². The van der Waals surface area contributed by atoms with Crippen molar-refractivity contribution < 1.29 is 17.9 Å². The van der Waals surface area contributed by atoms with Crippen molar-refractivity contribution >= 4 is 38.9 Å². The molecule has 1 aliphatic heterocycles. The maximum Gasteiger partial charge on any atom is 0.262 e. The zero-order valence-electron chi connectivity index (χ0n) is 20.6. The zero-order valence-corrected chi connectivity index (χ0v) is 22.2. The third kappa shape index (κ3) is 5.83. The van der Waals surface area contributed by atoms with Gasteiger partial charge in [-0.3, -0.25) is 4.79 Å². The fraction of sp³-hybridized carbons (Fsp3) is 0.296. The molecule has 1 heterocycles. The average molecular weight is 528 g/mol. The fourth-order valence-corrected chi connectivity index (χ4v) is 5.80. The Hall–Kier alpha value is -3.07. The smallest absolute Gasteiger partial charge is 0.262 e. The summed E-state index contributed by atoms with van der Waals surface area (Å²) in [6.07, 6.45) is 0. The molecule has 1 aliphatic rings. The van der Waals surface area contributed by atoms with Crippen molar-refractivity contribution in [3.8, 4) is 5.75 Å². The maximum absolute atomic E-state index is 13.1. The predicted octanol–water partition coefficient (Wildman–Crippen LogP) is 4.79. The molecule has 9 heteroatoms. The van der Waals surface area contributed by atoms with Crippen LogP contribution in [0.4, 0.5) is 11.4 Å². The number of benzene rings is 3. The normalized spacial score (nSPS) is 14.5. The van der Waals surface area contributed by atoms with E-state index in [1.807, 2.05) is 43.9 Å². The molecule has 1 fully saturated rings. The summed E-state index contributed by atoms with van der Waals surface area (Å²) >= 11 is 6.53. The number of halogens is 1. The van der Waals surface area contributed by atoms with Crippen molar-refractivity contribution in [3.05, 3.63) is 82.4 Å². The lowest BCUT2D eigenvalue weighted by molar-refractivity contribution is -0.118. The molecule has 0 saturated carbocycles. The number of aryl methyl sites for hydroxylation is 3. The Kier molecular flexibility index (Phi) is 7.88. The standard InChI is InChI=1S/C27H30ClN3O4S/c1-19-7-11-23(12-8-19)36(33,34)31-15-13-30(14-16-31)27-24(28)5-4-6-25(27)29-26(32)18-35-22-10-9-20(2)21(3)17-22/h4-12,17H,13-16,18H2,1-3H3,(H,29,32). The van der Waals surface area contributed by atoms with Crippen molar-refractivity contribution in [1.82, 2.24) is 4.31 Å². The molecule has 0 spiro atoms. The lowest BCUT2D eigenvalue weighted by Gasteiger charge is -2.36. The molecule has 1 amide bonds. The predicted molar refractivity (Wildman–Crippen MR) is 144 cm³/mol. The Bertz CT molecular complexity index is 1350. The Morgan fingerprint density at radius 1 is 0.944 bits per heavy atom. The second-order valence-electron chi connectivity index (χ2n) is 8.92. The average Bonchev–Trinajstić information content (AvgIpc) is 2.85. The number of sulfonamides is 1. The van der Waals surface area contributed by atoms with Gasteiger partial charge >= 0.3 is 0 Å². The van der Waals surface area contributed by atoms with Gasteiger partial charge in [0, 0.05) is 26.2 Å². The van der Waals surface area contributed by atoms with Gasteiger partial charge in [-0.2, -0.15) is 4.31 Å².